The molecule has 0 saturated carbocycles. The first-order valence-corrected chi connectivity index (χ1v) is 6.37. The van der Waals surface area contributed by atoms with Gasteiger partial charge in [0.25, 0.3) is 0 Å². The zero-order valence-electron chi connectivity index (χ0n) is 9.13. The summed E-state index contributed by atoms with van der Waals surface area (Å²) in [6.45, 7) is 3.43. The van der Waals surface area contributed by atoms with Gasteiger partial charge < -0.3 is 5.32 Å². The van der Waals surface area contributed by atoms with Crippen molar-refractivity contribution in [2.75, 3.05) is 32.9 Å². The van der Waals surface area contributed by atoms with Crippen molar-refractivity contribution in [3.05, 3.63) is 34.3 Å². The molecule has 1 aromatic rings. The molecule has 2 rings (SSSR count). The average Bonchev–Trinajstić information content (AvgIpc) is 2.34. The van der Waals surface area contributed by atoms with E-state index in [4.69, 9.17) is 0 Å². The van der Waals surface area contributed by atoms with Crippen LogP contribution < -0.4 is 5.32 Å². The number of halogens is 2. The Balaban J connectivity index is 2.11. The van der Waals surface area contributed by atoms with Gasteiger partial charge in [0.05, 0.1) is 6.04 Å². The molecule has 1 heterocycles. The molecular formula is C12H16BrFN2. The molecule has 0 spiro atoms. The summed E-state index contributed by atoms with van der Waals surface area (Å²) in [7, 11) is 0. The van der Waals surface area contributed by atoms with E-state index in [9.17, 15) is 4.39 Å². The van der Waals surface area contributed by atoms with Gasteiger partial charge in [0.15, 0.2) is 0 Å². The maximum Gasteiger partial charge on any atom is 0.109 e. The Morgan fingerprint density at radius 3 is 2.44 bits per heavy atom. The lowest BCUT2D eigenvalue weighted by Gasteiger charge is -2.33. The first-order chi connectivity index (χ1) is 7.81. The van der Waals surface area contributed by atoms with Crippen molar-refractivity contribution in [1.82, 2.24) is 10.2 Å². The quantitative estimate of drug-likeness (QED) is 0.918. The number of hydrogen-bond acceptors (Lipinski definition) is 2. The van der Waals surface area contributed by atoms with E-state index < -0.39 is 0 Å². The van der Waals surface area contributed by atoms with Crippen LogP contribution in [0.15, 0.2) is 28.7 Å². The molecule has 0 bridgehead atoms. The first-order valence-electron chi connectivity index (χ1n) is 5.57. The maximum atomic E-state index is 13.2. The fourth-order valence-corrected chi connectivity index (χ4v) is 2.34. The summed E-state index contributed by atoms with van der Waals surface area (Å²) < 4.78 is 14.2. The second kappa shape index (κ2) is 5.75. The van der Waals surface area contributed by atoms with Crippen LogP contribution in [0.3, 0.4) is 0 Å². The van der Waals surface area contributed by atoms with E-state index in [0.29, 0.717) is 0 Å². The molecule has 16 heavy (non-hydrogen) atoms. The van der Waals surface area contributed by atoms with Crippen molar-refractivity contribution >= 4 is 15.9 Å². The molecule has 2 nitrogen and oxygen atoms in total. The minimum Gasteiger partial charge on any atom is -0.314 e. The molecule has 1 aliphatic rings. The lowest BCUT2D eigenvalue weighted by atomic mass is 10.1. The average molecular weight is 287 g/mol. The molecule has 1 N–H and O–H groups in total. The van der Waals surface area contributed by atoms with Crippen LogP contribution in [0.25, 0.3) is 0 Å². The van der Waals surface area contributed by atoms with Crippen molar-refractivity contribution in [2.24, 2.45) is 0 Å². The molecule has 1 fully saturated rings. The zero-order valence-corrected chi connectivity index (χ0v) is 10.7. The van der Waals surface area contributed by atoms with E-state index in [1.807, 2.05) is 24.3 Å². The van der Waals surface area contributed by atoms with Crippen LogP contribution in [0.2, 0.25) is 0 Å². The molecule has 0 aliphatic carbocycles. The Morgan fingerprint density at radius 2 is 1.88 bits per heavy atom. The Hall–Kier alpha value is -0.450. The summed E-state index contributed by atoms with van der Waals surface area (Å²) in [6.07, 6.45) is 0. The van der Waals surface area contributed by atoms with Crippen LogP contribution in [0.1, 0.15) is 11.6 Å². The number of hydrogen-bond donors (Lipinski definition) is 1. The molecule has 0 amide bonds. The second-order valence-corrected chi connectivity index (χ2v) is 4.92. The highest BCUT2D eigenvalue weighted by Gasteiger charge is 2.21. The third kappa shape index (κ3) is 2.81. The largest absolute Gasteiger partial charge is 0.314 e. The van der Waals surface area contributed by atoms with Gasteiger partial charge in [-0.15, -0.1) is 0 Å². The molecule has 1 saturated heterocycles. The Kier molecular flexibility index (Phi) is 4.32. The van der Waals surface area contributed by atoms with E-state index in [1.165, 1.54) is 0 Å². The predicted molar refractivity (Wildman–Crippen MR) is 67.3 cm³/mol. The van der Waals surface area contributed by atoms with Crippen LogP contribution in [0, 0.1) is 0 Å². The standard InChI is InChI=1S/C12H16BrFN2/c13-11-3-1-10(2-4-11)12(9-14)16-7-5-15-6-8-16/h1-4,12,15H,5-9H2/t12-/m0/s1. The SMILES string of the molecule is FC[C@@H](c1ccc(Br)cc1)N1CCNCC1. The minimum absolute atomic E-state index is 0.0878. The fourth-order valence-electron chi connectivity index (χ4n) is 2.08. The van der Waals surface area contributed by atoms with Crippen molar-refractivity contribution < 1.29 is 4.39 Å². The summed E-state index contributed by atoms with van der Waals surface area (Å²) in [6, 6.07) is 7.85. The summed E-state index contributed by atoms with van der Waals surface area (Å²) in [5.41, 5.74) is 1.06. The molecule has 0 unspecified atom stereocenters. The molecule has 4 heteroatoms. The van der Waals surface area contributed by atoms with Gasteiger partial charge in [-0.1, -0.05) is 28.1 Å². The van der Waals surface area contributed by atoms with Gasteiger partial charge in [-0.2, -0.15) is 0 Å². The van der Waals surface area contributed by atoms with E-state index in [2.05, 4.69) is 26.1 Å². The van der Waals surface area contributed by atoms with Crippen molar-refractivity contribution in [3.63, 3.8) is 0 Å². The lowest BCUT2D eigenvalue weighted by Crippen LogP contribution is -2.45. The van der Waals surface area contributed by atoms with Gasteiger partial charge in [-0.3, -0.25) is 4.90 Å². The van der Waals surface area contributed by atoms with Crippen LogP contribution in [-0.2, 0) is 0 Å². The highest BCUT2D eigenvalue weighted by atomic mass is 79.9. The van der Waals surface area contributed by atoms with E-state index in [-0.39, 0.29) is 12.7 Å². The Bertz CT molecular complexity index is 322. The number of nitrogens with zero attached hydrogens (tertiary/aromatic N) is 1. The third-order valence-electron chi connectivity index (χ3n) is 2.99. The smallest absolute Gasteiger partial charge is 0.109 e. The van der Waals surface area contributed by atoms with Gasteiger partial charge in [-0.25, -0.2) is 4.39 Å². The number of benzene rings is 1. The molecule has 1 aliphatic heterocycles. The van der Waals surface area contributed by atoms with Gasteiger partial charge in [0.1, 0.15) is 6.67 Å². The number of nitrogens with one attached hydrogen (secondary N) is 1. The van der Waals surface area contributed by atoms with Crippen LogP contribution in [0.4, 0.5) is 4.39 Å². The summed E-state index contributed by atoms with van der Waals surface area (Å²) in [5, 5.41) is 3.28. The topological polar surface area (TPSA) is 15.3 Å². The predicted octanol–water partition coefficient (Wildman–Crippen LogP) is 2.36. The number of alkyl halides is 1. The highest BCUT2D eigenvalue weighted by molar-refractivity contribution is 9.10. The molecule has 0 aromatic heterocycles. The van der Waals surface area contributed by atoms with E-state index >= 15 is 0 Å². The fraction of sp³-hybridized carbons (Fsp3) is 0.500. The number of rotatable bonds is 3. The minimum atomic E-state index is -0.318. The van der Waals surface area contributed by atoms with Crippen LogP contribution in [-0.4, -0.2) is 37.8 Å². The Morgan fingerprint density at radius 1 is 1.25 bits per heavy atom. The van der Waals surface area contributed by atoms with Crippen molar-refractivity contribution in [2.45, 2.75) is 6.04 Å². The van der Waals surface area contributed by atoms with Gasteiger partial charge in [0.2, 0.25) is 0 Å². The van der Waals surface area contributed by atoms with Crippen molar-refractivity contribution in [3.8, 4) is 0 Å². The third-order valence-corrected chi connectivity index (χ3v) is 3.52. The monoisotopic (exact) mass is 286 g/mol. The van der Waals surface area contributed by atoms with E-state index in [0.717, 1.165) is 36.2 Å². The summed E-state index contributed by atoms with van der Waals surface area (Å²) in [4.78, 5) is 2.21. The normalized spacial score (nSPS) is 19.6. The summed E-state index contributed by atoms with van der Waals surface area (Å²) >= 11 is 3.40. The molecule has 88 valence electrons. The maximum absolute atomic E-state index is 13.2. The summed E-state index contributed by atoms with van der Waals surface area (Å²) in [5.74, 6) is 0. The second-order valence-electron chi connectivity index (χ2n) is 4.01. The van der Waals surface area contributed by atoms with Crippen LogP contribution in [0.5, 0.6) is 0 Å². The lowest BCUT2D eigenvalue weighted by molar-refractivity contribution is 0.147. The zero-order chi connectivity index (χ0) is 11.4. The molecule has 1 aromatic carbocycles. The van der Waals surface area contributed by atoms with Gasteiger partial charge >= 0.3 is 0 Å². The number of piperazine rings is 1. The molecule has 0 radical (unpaired) electrons. The van der Waals surface area contributed by atoms with Crippen LogP contribution >= 0.6 is 15.9 Å². The van der Waals surface area contributed by atoms with Gasteiger partial charge in [0, 0.05) is 30.7 Å². The van der Waals surface area contributed by atoms with Crippen molar-refractivity contribution in [1.29, 1.82) is 0 Å². The molecular weight excluding hydrogens is 271 g/mol. The van der Waals surface area contributed by atoms with Gasteiger partial charge in [-0.05, 0) is 17.7 Å². The highest BCUT2D eigenvalue weighted by Crippen LogP contribution is 2.23. The first kappa shape index (κ1) is 12.0. The molecule has 1 atom stereocenters. The Labute approximate surface area is 104 Å². The van der Waals surface area contributed by atoms with E-state index in [1.54, 1.807) is 0 Å².